The molecular formula is C74H41N9. The van der Waals surface area contributed by atoms with E-state index in [-0.39, 0.29) is 0 Å². The number of hydrogen-bond acceptors (Lipinski definition) is 5. The van der Waals surface area contributed by atoms with Crippen LogP contribution < -0.4 is 0 Å². The maximum Gasteiger partial charge on any atom is 0.211 e. The molecule has 9 nitrogen and oxygen atoms in total. The molecule has 382 valence electrons. The summed E-state index contributed by atoms with van der Waals surface area (Å²) in [6.07, 6.45) is 0. The Balaban J connectivity index is 0.820. The van der Waals surface area contributed by atoms with E-state index >= 15 is 0 Å². The Morgan fingerprint density at radius 1 is 0.337 bits per heavy atom. The number of fused-ring (bicyclic) bond motifs is 9. The fraction of sp³-hybridized carbons (Fsp3) is 0. The summed E-state index contributed by atoms with van der Waals surface area (Å²) >= 11 is 0. The van der Waals surface area contributed by atoms with Gasteiger partial charge in [0.1, 0.15) is 0 Å². The fourth-order valence-corrected chi connectivity index (χ4v) is 12.1. The molecule has 0 saturated heterocycles. The maximum absolute atomic E-state index is 11.0. The first-order chi connectivity index (χ1) is 40.9. The van der Waals surface area contributed by atoms with Crippen molar-refractivity contribution in [2.45, 2.75) is 0 Å². The van der Waals surface area contributed by atoms with Crippen LogP contribution in [-0.2, 0) is 0 Å². The standard InChI is InChI=1S/C74H41N9/c1-78-66-41-61(50-30-26-48(27-31-50)49-28-32-52(33-29-49)65-42-64(51-22-18-46(43-75)19-23-51)79-74(80-65)53-24-20-47(44-76)21-25-53)54(45-77)38-73(66)83-71-36-34-55(81-67-14-6-2-10-57(67)58-11-3-7-15-68(58)81)39-62(71)63-40-56(35-37-72(63)83)82-69-16-8-4-12-59(69)60-13-5-9-17-70(60)82/h2-42H. The SMILES string of the molecule is [C-]#[N+]c1cc(-c2ccc(-c3ccc(-c4cc(-c5ccc(C#N)cc5)nc(-c5ccc(C#N)cc5)n4)cc3)cc2)c(C#N)cc1-n1c2ccc(-n3c4ccccc4c4ccccc43)cc2c2cc(-n3c4ccccc4c4ccccc43)ccc21. The van der Waals surface area contributed by atoms with Crippen LogP contribution in [0.2, 0.25) is 0 Å². The monoisotopic (exact) mass is 1060 g/mol. The minimum atomic E-state index is 0.421. The van der Waals surface area contributed by atoms with Gasteiger partial charge < -0.3 is 13.7 Å². The molecule has 83 heavy (non-hydrogen) atoms. The first-order valence-electron chi connectivity index (χ1n) is 27.1. The fourth-order valence-electron chi connectivity index (χ4n) is 12.1. The molecule has 0 spiro atoms. The zero-order chi connectivity index (χ0) is 55.7. The van der Waals surface area contributed by atoms with Crippen LogP contribution in [0.25, 0.3) is 143 Å². The van der Waals surface area contributed by atoms with E-state index < -0.39 is 0 Å². The summed E-state index contributed by atoms with van der Waals surface area (Å²) in [6.45, 7) is 8.71. The second kappa shape index (κ2) is 19.3. The lowest BCUT2D eigenvalue weighted by Crippen LogP contribution is -1.98. The van der Waals surface area contributed by atoms with Gasteiger partial charge in [0.15, 0.2) is 5.82 Å². The van der Waals surface area contributed by atoms with Crippen molar-refractivity contribution in [1.82, 2.24) is 23.7 Å². The molecule has 9 heteroatoms. The highest BCUT2D eigenvalue weighted by Gasteiger charge is 2.22. The van der Waals surface area contributed by atoms with Gasteiger partial charge in [-0.15, -0.1) is 0 Å². The van der Waals surface area contributed by atoms with Crippen LogP contribution in [0.1, 0.15) is 16.7 Å². The first kappa shape index (κ1) is 48.0. The predicted octanol–water partition coefficient (Wildman–Crippen LogP) is 18.3. The first-order valence-corrected chi connectivity index (χ1v) is 27.1. The molecule has 11 aromatic carbocycles. The van der Waals surface area contributed by atoms with E-state index in [1.165, 1.54) is 21.5 Å². The lowest BCUT2D eigenvalue weighted by Gasteiger charge is -2.15. The van der Waals surface area contributed by atoms with Gasteiger partial charge in [0.25, 0.3) is 0 Å². The Morgan fingerprint density at radius 3 is 1.14 bits per heavy atom. The molecule has 15 aromatic rings. The minimum absolute atomic E-state index is 0.421. The molecule has 15 rings (SSSR count). The Morgan fingerprint density at radius 2 is 0.723 bits per heavy atom. The van der Waals surface area contributed by atoms with Crippen molar-refractivity contribution in [3.63, 3.8) is 0 Å². The van der Waals surface area contributed by atoms with E-state index in [4.69, 9.17) is 16.5 Å². The quantitative estimate of drug-likeness (QED) is 0.141. The Hall–Kier alpha value is -12.1. The predicted molar refractivity (Wildman–Crippen MR) is 333 cm³/mol. The summed E-state index contributed by atoms with van der Waals surface area (Å²) in [7, 11) is 0. The molecule has 0 N–H and O–H groups in total. The van der Waals surface area contributed by atoms with Crippen LogP contribution in [-0.4, -0.2) is 23.7 Å². The molecule has 0 amide bonds. The van der Waals surface area contributed by atoms with Gasteiger partial charge in [-0.05, 0) is 138 Å². The van der Waals surface area contributed by atoms with E-state index in [9.17, 15) is 15.8 Å². The summed E-state index contributed by atoms with van der Waals surface area (Å²) in [4.78, 5) is 14.1. The molecule has 0 fully saturated rings. The largest absolute Gasteiger partial charge is 0.319 e. The van der Waals surface area contributed by atoms with E-state index in [1.54, 1.807) is 24.3 Å². The average molecular weight is 1060 g/mol. The molecule has 0 aliphatic carbocycles. The van der Waals surface area contributed by atoms with Crippen molar-refractivity contribution >= 4 is 71.1 Å². The highest BCUT2D eigenvalue weighted by molar-refractivity contribution is 6.14. The third-order valence-corrected chi connectivity index (χ3v) is 16.0. The normalized spacial score (nSPS) is 11.3. The van der Waals surface area contributed by atoms with E-state index in [2.05, 4.69) is 182 Å². The zero-order valence-electron chi connectivity index (χ0n) is 44.2. The van der Waals surface area contributed by atoms with Gasteiger partial charge in [-0.1, -0.05) is 133 Å². The van der Waals surface area contributed by atoms with Gasteiger partial charge in [-0.2, -0.15) is 15.8 Å². The summed E-state index contributed by atoms with van der Waals surface area (Å²) in [5.74, 6) is 0.516. The average Bonchev–Trinajstić information content (AvgIpc) is 3.82. The van der Waals surface area contributed by atoms with Gasteiger partial charge in [0.2, 0.25) is 5.69 Å². The molecule has 0 unspecified atom stereocenters. The van der Waals surface area contributed by atoms with Gasteiger partial charge in [0.05, 0.1) is 91.6 Å². The van der Waals surface area contributed by atoms with Crippen molar-refractivity contribution in [1.29, 1.82) is 15.8 Å². The molecule has 0 saturated carbocycles. The second-order valence-electron chi connectivity index (χ2n) is 20.6. The highest BCUT2D eigenvalue weighted by Crippen LogP contribution is 2.43. The number of nitrogens with zero attached hydrogens (tertiary/aromatic N) is 9. The van der Waals surface area contributed by atoms with Crippen molar-refractivity contribution < 1.29 is 0 Å². The summed E-state index contributed by atoms with van der Waals surface area (Å²) in [6, 6.07) is 90.7. The van der Waals surface area contributed by atoms with Crippen LogP contribution in [0.5, 0.6) is 0 Å². The molecule has 4 heterocycles. The van der Waals surface area contributed by atoms with Crippen LogP contribution in [0, 0.1) is 40.6 Å². The molecule has 0 radical (unpaired) electrons. The number of rotatable bonds is 8. The Kier molecular flexibility index (Phi) is 11.2. The van der Waals surface area contributed by atoms with E-state index in [0.29, 0.717) is 45.1 Å². The van der Waals surface area contributed by atoms with Crippen molar-refractivity contribution in [2.75, 3.05) is 0 Å². The van der Waals surface area contributed by atoms with Gasteiger partial charge in [-0.25, -0.2) is 14.8 Å². The van der Waals surface area contributed by atoms with Crippen LogP contribution in [0.4, 0.5) is 5.69 Å². The molecule has 0 bridgehead atoms. The number of aromatic nitrogens is 5. The molecule has 4 aromatic heterocycles. The lowest BCUT2D eigenvalue weighted by atomic mass is 9.95. The third-order valence-electron chi connectivity index (χ3n) is 16.0. The highest BCUT2D eigenvalue weighted by atomic mass is 15.0. The van der Waals surface area contributed by atoms with Crippen molar-refractivity contribution in [3.05, 3.63) is 277 Å². The smallest absolute Gasteiger partial charge is 0.211 e. The number of nitriles is 3. The maximum atomic E-state index is 11.0. The minimum Gasteiger partial charge on any atom is -0.319 e. The lowest BCUT2D eigenvalue weighted by molar-refractivity contribution is 1.16. The number of benzene rings is 11. The number of para-hydroxylation sites is 4. The van der Waals surface area contributed by atoms with E-state index in [0.717, 1.165) is 94.3 Å². The van der Waals surface area contributed by atoms with Crippen molar-refractivity contribution in [2.24, 2.45) is 0 Å². The van der Waals surface area contributed by atoms with Crippen molar-refractivity contribution in [3.8, 4) is 91.4 Å². The number of hydrogen-bond donors (Lipinski definition) is 0. The summed E-state index contributed by atoms with van der Waals surface area (Å²) in [5.41, 5.74) is 18.3. The summed E-state index contributed by atoms with van der Waals surface area (Å²) < 4.78 is 6.83. The second-order valence-corrected chi connectivity index (χ2v) is 20.6. The Labute approximate surface area is 476 Å². The molecule has 0 aliphatic heterocycles. The molecule has 0 aliphatic rings. The van der Waals surface area contributed by atoms with Crippen LogP contribution in [0.3, 0.4) is 0 Å². The topological polar surface area (TPSA) is 116 Å². The summed E-state index contributed by atoms with van der Waals surface area (Å²) in [5, 5.41) is 36.6. The zero-order valence-corrected chi connectivity index (χ0v) is 44.2. The Bertz CT molecular complexity index is 4990. The van der Waals surface area contributed by atoms with Gasteiger partial charge in [0, 0.05) is 60.4 Å². The van der Waals surface area contributed by atoms with Gasteiger partial charge in [-0.3, -0.25) is 0 Å². The van der Waals surface area contributed by atoms with Gasteiger partial charge >= 0.3 is 0 Å². The molecular weight excluding hydrogens is 1010 g/mol. The van der Waals surface area contributed by atoms with Crippen LogP contribution >= 0.6 is 0 Å². The van der Waals surface area contributed by atoms with Crippen LogP contribution in [0.15, 0.2) is 249 Å². The van der Waals surface area contributed by atoms with E-state index in [1.807, 2.05) is 78.9 Å². The molecule has 0 atom stereocenters. The third kappa shape index (κ3) is 7.90.